The Morgan fingerprint density at radius 2 is 1.80 bits per heavy atom. The Kier molecular flexibility index (Phi) is 3.76. The first kappa shape index (κ1) is 15.4. The first-order valence-corrected chi connectivity index (χ1v) is 8.08. The summed E-state index contributed by atoms with van der Waals surface area (Å²) in [7, 11) is 0. The van der Waals surface area contributed by atoms with E-state index in [1.54, 1.807) is 39.9 Å². The van der Waals surface area contributed by atoms with Crippen LogP contribution in [0.4, 0.5) is 10.1 Å². The van der Waals surface area contributed by atoms with Gasteiger partial charge in [0.2, 0.25) is 0 Å². The van der Waals surface area contributed by atoms with Crippen molar-refractivity contribution in [2.45, 2.75) is 0 Å². The van der Waals surface area contributed by atoms with Gasteiger partial charge in [0.25, 0.3) is 5.91 Å². The zero-order valence-corrected chi connectivity index (χ0v) is 13.5. The number of nitrogens with zero attached hydrogens (tertiary/aromatic N) is 4. The van der Waals surface area contributed by atoms with Gasteiger partial charge in [-0.2, -0.15) is 0 Å². The molecule has 3 aromatic rings. The molecule has 4 rings (SSSR count). The highest BCUT2D eigenvalue weighted by molar-refractivity contribution is 5.93. The third-order valence-electron chi connectivity index (χ3n) is 4.44. The van der Waals surface area contributed by atoms with E-state index in [0.717, 1.165) is 5.69 Å². The molecule has 1 aliphatic heterocycles. The molecule has 0 bridgehead atoms. The average Bonchev–Trinajstić information content (AvgIpc) is 3.08. The van der Waals surface area contributed by atoms with Crippen molar-refractivity contribution >= 4 is 17.2 Å². The molecule has 25 heavy (non-hydrogen) atoms. The number of imidazole rings is 1. The summed E-state index contributed by atoms with van der Waals surface area (Å²) in [4.78, 5) is 20.8. The minimum absolute atomic E-state index is 0.0441. The molecule has 3 heterocycles. The van der Waals surface area contributed by atoms with E-state index in [9.17, 15) is 14.3 Å². The summed E-state index contributed by atoms with van der Waals surface area (Å²) in [5.41, 5.74) is 1.64. The highest BCUT2D eigenvalue weighted by atomic mass is 19.1. The lowest BCUT2D eigenvalue weighted by atomic mass is 10.2. The topological polar surface area (TPSA) is 61.1 Å². The van der Waals surface area contributed by atoms with Gasteiger partial charge in [-0.15, -0.1) is 0 Å². The number of hydrogen-bond acceptors (Lipinski definition) is 4. The number of carbonyl (C=O) groups excluding carboxylic acids is 1. The van der Waals surface area contributed by atoms with Crippen molar-refractivity contribution in [3.05, 3.63) is 60.3 Å². The Morgan fingerprint density at radius 3 is 2.48 bits per heavy atom. The second-order valence-corrected chi connectivity index (χ2v) is 6.01. The number of benzene rings is 1. The maximum absolute atomic E-state index is 13.0. The van der Waals surface area contributed by atoms with Crippen molar-refractivity contribution in [1.82, 2.24) is 14.3 Å². The summed E-state index contributed by atoms with van der Waals surface area (Å²) in [5, 5.41) is 9.82. The van der Waals surface area contributed by atoms with Gasteiger partial charge in [-0.05, 0) is 36.4 Å². The molecule has 1 amide bonds. The van der Waals surface area contributed by atoms with E-state index in [4.69, 9.17) is 0 Å². The molecule has 0 atom stereocenters. The fourth-order valence-corrected chi connectivity index (χ4v) is 3.08. The summed E-state index contributed by atoms with van der Waals surface area (Å²) >= 11 is 0. The minimum atomic E-state index is -0.257. The first-order chi connectivity index (χ1) is 12.1. The number of aromatic nitrogens is 2. The molecule has 7 heteroatoms. The van der Waals surface area contributed by atoms with E-state index in [0.29, 0.717) is 37.5 Å². The first-order valence-electron chi connectivity index (χ1n) is 8.08. The van der Waals surface area contributed by atoms with Crippen LogP contribution in [0, 0.1) is 5.82 Å². The molecular weight excluding hydrogens is 323 g/mol. The summed E-state index contributed by atoms with van der Waals surface area (Å²) in [6, 6.07) is 9.61. The van der Waals surface area contributed by atoms with Crippen LogP contribution in [0.1, 0.15) is 10.5 Å². The van der Waals surface area contributed by atoms with Gasteiger partial charge in [-0.3, -0.25) is 4.79 Å². The second kappa shape index (κ2) is 6.08. The molecule has 128 valence electrons. The predicted molar refractivity (Wildman–Crippen MR) is 91.4 cm³/mol. The van der Waals surface area contributed by atoms with Crippen molar-refractivity contribution in [2.24, 2.45) is 0 Å². The summed E-state index contributed by atoms with van der Waals surface area (Å²) in [5.74, 6) is -0.364. The monoisotopic (exact) mass is 340 g/mol. The van der Waals surface area contributed by atoms with Crippen LogP contribution in [0.3, 0.4) is 0 Å². The smallest absolute Gasteiger partial charge is 0.274 e. The normalized spacial score (nSPS) is 14.9. The predicted octanol–water partition coefficient (Wildman–Crippen LogP) is 2.14. The Balaban J connectivity index is 1.47. The van der Waals surface area contributed by atoms with Crippen molar-refractivity contribution in [3.8, 4) is 5.75 Å². The zero-order valence-electron chi connectivity index (χ0n) is 13.5. The number of carbonyl (C=O) groups is 1. The molecule has 6 nitrogen and oxygen atoms in total. The van der Waals surface area contributed by atoms with E-state index < -0.39 is 0 Å². The third kappa shape index (κ3) is 2.88. The molecule has 1 N–H and O–H groups in total. The van der Waals surface area contributed by atoms with Gasteiger partial charge in [0.1, 0.15) is 11.5 Å². The van der Waals surface area contributed by atoms with Gasteiger partial charge in [0, 0.05) is 44.3 Å². The zero-order chi connectivity index (χ0) is 17.4. The summed E-state index contributed by atoms with van der Waals surface area (Å²) in [6.45, 7) is 2.48. The Hall–Kier alpha value is -3.09. The molecule has 0 spiro atoms. The van der Waals surface area contributed by atoms with Gasteiger partial charge in [-0.25, -0.2) is 9.37 Å². The van der Waals surface area contributed by atoms with Crippen molar-refractivity contribution in [1.29, 1.82) is 0 Å². The van der Waals surface area contributed by atoms with Crippen LogP contribution < -0.4 is 4.90 Å². The molecule has 1 aliphatic rings. The quantitative estimate of drug-likeness (QED) is 0.776. The molecule has 0 aliphatic carbocycles. The number of rotatable bonds is 2. The minimum Gasteiger partial charge on any atom is -0.504 e. The maximum Gasteiger partial charge on any atom is 0.274 e. The van der Waals surface area contributed by atoms with Gasteiger partial charge in [0.05, 0.1) is 0 Å². The number of fused-ring (bicyclic) bond motifs is 1. The molecule has 0 unspecified atom stereocenters. The second-order valence-electron chi connectivity index (χ2n) is 6.01. The van der Waals surface area contributed by atoms with Crippen molar-refractivity contribution < 1.29 is 14.3 Å². The van der Waals surface area contributed by atoms with Crippen LogP contribution in [0.5, 0.6) is 5.75 Å². The number of halogens is 1. The molecular formula is C18H17FN4O2. The number of piperazine rings is 1. The molecule has 0 radical (unpaired) electrons. The molecule has 0 saturated carbocycles. The van der Waals surface area contributed by atoms with Crippen LogP contribution >= 0.6 is 0 Å². The lowest BCUT2D eigenvalue weighted by Gasteiger charge is -2.35. The lowest BCUT2D eigenvalue weighted by Crippen LogP contribution is -2.48. The largest absolute Gasteiger partial charge is 0.504 e. The third-order valence-corrected chi connectivity index (χ3v) is 4.44. The van der Waals surface area contributed by atoms with Crippen molar-refractivity contribution in [2.75, 3.05) is 31.1 Å². The van der Waals surface area contributed by atoms with E-state index in [1.807, 2.05) is 0 Å². The van der Waals surface area contributed by atoms with Crippen LogP contribution in [0.25, 0.3) is 5.65 Å². The maximum atomic E-state index is 13.0. The van der Waals surface area contributed by atoms with Gasteiger partial charge >= 0.3 is 0 Å². The molecule has 1 fully saturated rings. The van der Waals surface area contributed by atoms with Crippen molar-refractivity contribution in [3.63, 3.8) is 0 Å². The highest BCUT2D eigenvalue weighted by Gasteiger charge is 2.24. The van der Waals surface area contributed by atoms with Crippen LogP contribution in [0.2, 0.25) is 0 Å². The highest BCUT2D eigenvalue weighted by Crippen LogP contribution is 2.20. The number of pyridine rings is 1. The number of anilines is 1. The molecule has 1 saturated heterocycles. The van der Waals surface area contributed by atoms with Gasteiger partial charge < -0.3 is 19.3 Å². The standard InChI is InChI=1S/C18H17FN4O2/c19-13-3-5-14(6-4-13)21-8-10-22(11-9-21)18(25)15-12-23-7-1-2-16(24)17(23)20-15/h1-7,12,24H,8-11H2. The van der Waals surface area contributed by atoms with E-state index in [1.165, 1.54) is 18.2 Å². The molecule has 2 aromatic heterocycles. The number of aromatic hydroxyl groups is 1. The Morgan fingerprint density at radius 1 is 1.08 bits per heavy atom. The fourth-order valence-electron chi connectivity index (χ4n) is 3.08. The lowest BCUT2D eigenvalue weighted by molar-refractivity contribution is 0.0741. The van der Waals surface area contributed by atoms with Gasteiger partial charge in [-0.1, -0.05) is 0 Å². The average molecular weight is 340 g/mol. The summed E-state index contributed by atoms with van der Waals surface area (Å²) < 4.78 is 14.7. The van der Waals surface area contributed by atoms with Gasteiger partial charge in [0.15, 0.2) is 11.4 Å². The van der Waals surface area contributed by atoms with Crippen LogP contribution in [-0.4, -0.2) is 51.5 Å². The Labute approximate surface area is 143 Å². The number of amides is 1. The molecule has 1 aromatic carbocycles. The number of hydrogen-bond donors (Lipinski definition) is 1. The summed E-state index contributed by atoms with van der Waals surface area (Å²) in [6.07, 6.45) is 3.37. The van der Waals surface area contributed by atoms with Crippen LogP contribution in [0.15, 0.2) is 48.8 Å². The Bertz CT molecular complexity index is 914. The SMILES string of the molecule is O=C(c1cn2cccc(O)c2n1)N1CCN(c2ccc(F)cc2)CC1. The van der Waals surface area contributed by atoms with Crippen LogP contribution in [-0.2, 0) is 0 Å². The van der Waals surface area contributed by atoms with E-state index in [2.05, 4.69) is 9.88 Å². The fraction of sp³-hybridized carbons (Fsp3) is 0.222. The van der Waals surface area contributed by atoms with E-state index >= 15 is 0 Å². The van der Waals surface area contributed by atoms with E-state index in [-0.39, 0.29) is 17.5 Å².